The first-order valence-electron chi connectivity index (χ1n) is 8.85. The molecular weight excluding hydrogens is 456 g/mol. The predicted molar refractivity (Wildman–Crippen MR) is 120 cm³/mol. The zero-order valence-corrected chi connectivity index (χ0v) is 18.9. The molecule has 0 atom stereocenters. The summed E-state index contributed by atoms with van der Waals surface area (Å²) in [5.41, 5.74) is 2.03. The molecule has 0 fully saturated rings. The monoisotopic (exact) mass is 476 g/mol. The van der Waals surface area contributed by atoms with Gasteiger partial charge in [-0.25, -0.2) is 0 Å². The first-order valence-corrected chi connectivity index (χ1v) is 11.6. The molecule has 0 saturated carbocycles. The minimum Gasteiger partial charge on any atom is -0.325 e. The number of aromatic nitrogens is 3. The number of hydrogen-bond acceptors (Lipinski definition) is 5. The van der Waals surface area contributed by atoms with Crippen molar-refractivity contribution in [2.75, 3.05) is 11.1 Å². The molecule has 0 aliphatic rings. The molecule has 0 radical (unpaired) electrons. The van der Waals surface area contributed by atoms with Gasteiger partial charge in [0.25, 0.3) is 0 Å². The Hall–Kier alpha value is -1.77. The van der Waals surface area contributed by atoms with Crippen LogP contribution in [0, 0.1) is 6.92 Å². The highest BCUT2D eigenvalue weighted by Gasteiger charge is 2.13. The lowest BCUT2D eigenvalue weighted by Crippen LogP contribution is -2.14. The van der Waals surface area contributed by atoms with Crippen LogP contribution in [0.4, 0.5) is 5.69 Å². The molecule has 2 aromatic carbocycles. The number of benzene rings is 2. The highest BCUT2D eigenvalue weighted by molar-refractivity contribution is 9.10. The second kappa shape index (κ2) is 10.1. The summed E-state index contributed by atoms with van der Waals surface area (Å²) in [5, 5.41) is 12.3. The van der Waals surface area contributed by atoms with Gasteiger partial charge in [0.1, 0.15) is 5.82 Å². The number of hydrogen-bond donors (Lipinski definition) is 1. The van der Waals surface area contributed by atoms with Gasteiger partial charge in [0.15, 0.2) is 5.16 Å². The van der Waals surface area contributed by atoms with Crippen molar-refractivity contribution >= 4 is 51.0 Å². The maximum atomic E-state index is 12.2. The first kappa shape index (κ1) is 21.0. The van der Waals surface area contributed by atoms with E-state index >= 15 is 0 Å². The molecule has 5 nitrogen and oxygen atoms in total. The Bertz CT molecular complexity index is 926. The van der Waals surface area contributed by atoms with Crippen LogP contribution < -0.4 is 5.32 Å². The Labute approximate surface area is 181 Å². The molecule has 1 amide bonds. The van der Waals surface area contributed by atoms with Crippen LogP contribution in [0.15, 0.2) is 63.1 Å². The normalized spacial score (nSPS) is 10.8. The summed E-state index contributed by atoms with van der Waals surface area (Å²) in [6, 6.07) is 16.0. The number of nitrogens with zero attached hydrogens (tertiary/aromatic N) is 3. The quantitative estimate of drug-likeness (QED) is 0.441. The molecule has 146 valence electrons. The smallest absolute Gasteiger partial charge is 0.234 e. The number of aryl methyl sites for hydroxylation is 1. The molecule has 0 spiro atoms. The summed E-state index contributed by atoms with van der Waals surface area (Å²) < 4.78 is 3.05. The lowest BCUT2D eigenvalue weighted by molar-refractivity contribution is -0.113. The topological polar surface area (TPSA) is 59.8 Å². The molecule has 1 aromatic heterocycles. The summed E-state index contributed by atoms with van der Waals surface area (Å²) in [5.74, 6) is 1.90. The second-order valence-electron chi connectivity index (χ2n) is 6.09. The van der Waals surface area contributed by atoms with Gasteiger partial charge in [-0.05, 0) is 50.2 Å². The Balaban J connectivity index is 1.56. The number of amides is 1. The zero-order valence-electron chi connectivity index (χ0n) is 15.7. The number of carbonyl (C=O) groups excluding carboxylic acids is 1. The van der Waals surface area contributed by atoms with Gasteiger partial charge < -0.3 is 9.88 Å². The van der Waals surface area contributed by atoms with Crippen LogP contribution in [0.25, 0.3) is 0 Å². The maximum Gasteiger partial charge on any atom is 0.234 e. The van der Waals surface area contributed by atoms with Crippen molar-refractivity contribution in [2.24, 2.45) is 0 Å². The second-order valence-corrected chi connectivity index (χ2v) is 9.00. The first-order chi connectivity index (χ1) is 13.5. The summed E-state index contributed by atoms with van der Waals surface area (Å²) in [6.07, 6.45) is 0. The van der Waals surface area contributed by atoms with Crippen molar-refractivity contribution in [2.45, 2.75) is 36.2 Å². The van der Waals surface area contributed by atoms with Gasteiger partial charge in [-0.15, -0.1) is 22.0 Å². The van der Waals surface area contributed by atoms with Gasteiger partial charge in [-0.2, -0.15) is 0 Å². The fraction of sp³-hybridized carbons (Fsp3) is 0.250. The average Bonchev–Trinajstić information content (AvgIpc) is 3.09. The molecule has 0 aliphatic carbocycles. The van der Waals surface area contributed by atoms with Crippen LogP contribution in [-0.4, -0.2) is 26.4 Å². The van der Waals surface area contributed by atoms with Crippen LogP contribution in [0.1, 0.15) is 18.3 Å². The van der Waals surface area contributed by atoms with E-state index in [4.69, 9.17) is 0 Å². The van der Waals surface area contributed by atoms with Crippen LogP contribution in [0.5, 0.6) is 0 Å². The van der Waals surface area contributed by atoms with E-state index in [0.29, 0.717) is 5.75 Å². The Morgan fingerprint density at radius 1 is 1.07 bits per heavy atom. The lowest BCUT2D eigenvalue weighted by atomic mass is 10.2. The van der Waals surface area contributed by atoms with Gasteiger partial charge in [-0.1, -0.05) is 45.4 Å². The van der Waals surface area contributed by atoms with Gasteiger partial charge in [0.05, 0.1) is 11.5 Å². The molecule has 3 aromatic rings. The zero-order chi connectivity index (χ0) is 19.9. The van der Waals surface area contributed by atoms with Crippen molar-refractivity contribution in [3.63, 3.8) is 0 Å². The van der Waals surface area contributed by atoms with Crippen molar-refractivity contribution in [1.82, 2.24) is 14.8 Å². The van der Waals surface area contributed by atoms with E-state index in [2.05, 4.69) is 74.1 Å². The van der Waals surface area contributed by atoms with Crippen LogP contribution >= 0.6 is 39.5 Å². The molecule has 8 heteroatoms. The number of carbonyl (C=O) groups is 1. The summed E-state index contributed by atoms with van der Waals surface area (Å²) in [6.45, 7) is 4.92. The van der Waals surface area contributed by atoms with E-state index in [0.717, 1.165) is 33.4 Å². The van der Waals surface area contributed by atoms with E-state index in [1.54, 1.807) is 11.8 Å². The van der Waals surface area contributed by atoms with E-state index < -0.39 is 0 Å². The Kier molecular flexibility index (Phi) is 7.58. The van der Waals surface area contributed by atoms with E-state index in [1.807, 2.05) is 24.3 Å². The highest BCUT2D eigenvalue weighted by Crippen LogP contribution is 2.25. The van der Waals surface area contributed by atoms with Crippen LogP contribution in [0.3, 0.4) is 0 Å². The van der Waals surface area contributed by atoms with Crippen LogP contribution in [0.2, 0.25) is 0 Å². The van der Waals surface area contributed by atoms with Crippen molar-refractivity contribution in [1.29, 1.82) is 0 Å². The third-order valence-electron chi connectivity index (χ3n) is 3.96. The number of thioether (sulfide) groups is 2. The maximum absolute atomic E-state index is 12.2. The molecule has 1 heterocycles. The molecule has 0 aliphatic heterocycles. The predicted octanol–water partition coefficient (Wildman–Crippen LogP) is 5.39. The summed E-state index contributed by atoms with van der Waals surface area (Å²) >= 11 is 6.53. The Morgan fingerprint density at radius 3 is 2.46 bits per heavy atom. The number of halogens is 1. The van der Waals surface area contributed by atoms with Crippen molar-refractivity contribution < 1.29 is 4.79 Å². The SMILES string of the molecule is CCn1c(CSc2ccc(C)cc2)nnc1SCC(=O)Nc1ccc(Br)cc1. The summed E-state index contributed by atoms with van der Waals surface area (Å²) in [4.78, 5) is 13.4. The van der Waals surface area contributed by atoms with E-state index in [9.17, 15) is 4.79 Å². The van der Waals surface area contributed by atoms with Gasteiger partial charge in [0, 0.05) is 21.6 Å². The number of nitrogens with one attached hydrogen (secondary N) is 1. The molecule has 1 N–H and O–H groups in total. The molecule has 28 heavy (non-hydrogen) atoms. The van der Waals surface area contributed by atoms with E-state index in [1.165, 1.54) is 22.2 Å². The van der Waals surface area contributed by atoms with Gasteiger partial charge in [0.2, 0.25) is 5.91 Å². The minimum absolute atomic E-state index is 0.0615. The fourth-order valence-corrected chi connectivity index (χ4v) is 4.42. The molecule has 3 rings (SSSR count). The molecule has 0 unspecified atom stereocenters. The molecule has 0 bridgehead atoms. The van der Waals surface area contributed by atoms with Gasteiger partial charge in [-0.3, -0.25) is 4.79 Å². The van der Waals surface area contributed by atoms with Crippen molar-refractivity contribution in [3.05, 3.63) is 64.4 Å². The standard InChI is InChI=1S/C20H21BrN4OS2/c1-3-25-18(12-27-17-10-4-14(2)5-11-17)23-24-20(25)28-13-19(26)22-16-8-6-15(21)7-9-16/h4-11H,3,12-13H2,1-2H3,(H,22,26). The largest absolute Gasteiger partial charge is 0.325 e. The molecular formula is C20H21BrN4OS2. The number of anilines is 1. The van der Waals surface area contributed by atoms with E-state index in [-0.39, 0.29) is 5.91 Å². The van der Waals surface area contributed by atoms with Gasteiger partial charge >= 0.3 is 0 Å². The third-order valence-corrected chi connectivity index (χ3v) is 6.46. The summed E-state index contributed by atoms with van der Waals surface area (Å²) in [7, 11) is 0. The average molecular weight is 477 g/mol. The minimum atomic E-state index is -0.0615. The molecule has 0 saturated heterocycles. The van der Waals surface area contributed by atoms with Crippen LogP contribution in [-0.2, 0) is 17.1 Å². The lowest BCUT2D eigenvalue weighted by Gasteiger charge is -2.08. The third kappa shape index (κ3) is 5.86. The highest BCUT2D eigenvalue weighted by atomic mass is 79.9. The van der Waals surface area contributed by atoms with Crippen molar-refractivity contribution in [3.8, 4) is 0 Å². The Morgan fingerprint density at radius 2 is 1.79 bits per heavy atom. The fourth-order valence-electron chi connectivity index (χ4n) is 2.49. The number of rotatable bonds is 8.